The van der Waals surface area contributed by atoms with Gasteiger partial charge in [-0.25, -0.2) is 0 Å². The van der Waals surface area contributed by atoms with E-state index in [1.165, 1.54) is 25.7 Å². The molecule has 2 saturated carbocycles. The van der Waals surface area contributed by atoms with Gasteiger partial charge in [-0.3, -0.25) is 4.79 Å². The normalized spacial score (nSPS) is 36.1. The van der Waals surface area contributed by atoms with Crippen LogP contribution in [0.15, 0.2) is 0 Å². The molecule has 0 aromatic rings. The average Bonchev–Trinajstić information content (AvgIpc) is 2.62. The van der Waals surface area contributed by atoms with E-state index in [-0.39, 0.29) is 11.3 Å². The fourth-order valence-electron chi connectivity index (χ4n) is 2.81. The van der Waals surface area contributed by atoms with Gasteiger partial charge in [0.15, 0.2) is 0 Å². The van der Waals surface area contributed by atoms with Gasteiger partial charge in [0.05, 0.1) is 0 Å². The molecule has 0 radical (unpaired) electrons. The van der Waals surface area contributed by atoms with Crippen LogP contribution in [-0.4, -0.2) is 11.9 Å². The first-order chi connectivity index (χ1) is 6.47. The van der Waals surface area contributed by atoms with E-state index >= 15 is 0 Å². The van der Waals surface area contributed by atoms with Gasteiger partial charge in [0, 0.05) is 11.5 Å². The first-order valence-electron chi connectivity index (χ1n) is 5.78. The first kappa shape index (κ1) is 10.0. The van der Waals surface area contributed by atoms with Crippen LogP contribution in [0.25, 0.3) is 0 Å². The second-order valence-corrected chi connectivity index (χ2v) is 6.00. The Hall–Kier alpha value is -0.530. The van der Waals surface area contributed by atoms with Gasteiger partial charge in [-0.05, 0) is 31.1 Å². The van der Waals surface area contributed by atoms with E-state index < -0.39 is 0 Å². The molecule has 0 aromatic heterocycles. The molecule has 0 aromatic carbocycles. The lowest BCUT2D eigenvalue weighted by Crippen LogP contribution is -2.44. The summed E-state index contributed by atoms with van der Waals surface area (Å²) in [5.74, 6) is 1.91. The Bertz CT molecular complexity index is 241. The predicted octanol–water partition coefficient (Wildman–Crippen LogP) is 2.34. The number of carbonyl (C=O) groups is 1. The van der Waals surface area contributed by atoms with Crippen LogP contribution in [0.5, 0.6) is 0 Å². The SMILES string of the molecule is CC(C)(C)C(=O)N[C@@H]1C[C@H]2CC[C@H]1C2. The van der Waals surface area contributed by atoms with Crippen molar-refractivity contribution in [2.24, 2.45) is 17.3 Å². The molecular weight excluding hydrogens is 174 g/mol. The summed E-state index contributed by atoms with van der Waals surface area (Å²) in [5.41, 5.74) is -0.234. The number of carbonyl (C=O) groups excluding carboxylic acids is 1. The van der Waals surface area contributed by atoms with E-state index in [0.29, 0.717) is 6.04 Å². The third-order valence-corrected chi connectivity index (χ3v) is 3.74. The number of amides is 1. The highest BCUT2D eigenvalue weighted by atomic mass is 16.2. The molecule has 0 aliphatic heterocycles. The Kier molecular flexibility index (Phi) is 2.32. The van der Waals surface area contributed by atoms with Crippen molar-refractivity contribution in [3.8, 4) is 0 Å². The number of hydrogen-bond acceptors (Lipinski definition) is 1. The van der Waals surface area contributed by atoms with Crippen molar-refractivity contribution in [2.45, 2.75) is 52.5 Å². The summed E-state index contributed by atoms with van der Waals surface area (Å²) in [6, 6.07) is 0.487. The van der Waals surface area contributed by atoms with Gasteiger partial charge in [0.1, 0.15) is 0 Å². The molecule has 2 aliphatic carbocycles. The Morgan fingerprint density at radius 1 is 1.21 bits per heavy atom. The van der Waals surface area contributed by atoms with E-state index in [1.54, 1.807) is 0 Å². The summed E-state index contributed by atoms with van der Waals surface area (Å²) in [7, 11) is 0. The third-order valence-electron chi connectivity index (χ3n) is 3.74. The van der Waals surface area contributed by atoms with Crippen LogP contribution in [0.3, 0.4) is 0 Å². The van der Waals surface area contributed by atoms with Crippen molar-refractivity contribution in [1.82, 2.24) is 5.32 Å². The number of hydrogen-bond donors (Lipinski definition) is 1. The first-order valence-corrected chi connectivity index (χ1v) is 5.78. The Labute approximate surface area is 86.5 Å². The highest BCUT2D eigenvalue weighted by molar-refractivity contribution is 5.81. The summed E-state index contributed by atoms with van der Waals surface area (Å²) in [4.78, 5) is 11.8. The van der Waals surface area contributed by atoms with Crippen molar-refractivity contribution in [1.29, 1.82) is 0 Å². The van der Waals surface area contributed by atoms with Gasteiger partial charge in [-0.15, -0.1) is 0 Å². The molecule has 1 N–H and O–H groups in total. The van der Waals surface area contributed by atoms with E-state index in [9.17, 15) is 4.79 Å². The summed E-state index contributed by atoms with van der Waals surface area (Å²) in [6.45, 7) is 5.95. The van der Waals surface area contributed by atoms with E-state index in [4.69, 9.17) is 0 Å². The van der Waals surface area contributed by atoms with Gasteiger partial charge in [-0.2, -0.15) is 0 Å². The zero-order valence-electron chi connectivity index (χ0n) is 9.47. The Morgan fingerprint density at radius 2 is 1.93 bits per heavy atom. The molecule has 2 rings (SSSR count). The van der Waals surface area contributed by atoms with Crippen molar-refractivity contribution in [3.63, 3.8) is 0 Å². The third kappa shape index (κ3) is 1.79. The fourth-order valence-corrected chi connectivity index (χ4v) is 2.81. The summed E-state index contributed by atoms with van der Waals surface area (Å²) in [5, 5.41) is 3.21. The van der Waals surface area contributed by atoms with Crippen LogP contribution < -0.4 is 5.32 Å². The largest absolute Gasteiger partial charge is 0.353 e. The van der Waals surface area contributed by atoms with Crippen molar-refractivity contribution < 1.29 is 4.79 Å². The average molecular weight is 195 g/mol. The maximum absolute atomic E-state index is 11.8. The highest BCUT2D eigenvalue weighted by Gasteiger charge is 2.41. The van der Waals surface area contributed by atoms with Gasteiger partial charge in [0.25, 0.3) is 0 Å². The second kappa shape index (κ2) is 3.25. The van der Waals surface area contributed by atoms with E-state index in [2.05, 4.69) is 5.32 Å². The fraction of sp³-hybridized carbons (Fsp3) is 0.917. The molecule has 0 spiro atoms. The number of fused-ring (bicyclic) bond motifs is 2. The lowest BCUT2D eigenvalue weighted by Gasteiger charge is -2.27. The topological polar surface area (TPSA) is 29.1 Å². The van der Waals surface area contributed by atoms with Gasteiger partial charge >= 0.3 is 0 Å². The van der Waals surface area contributed by atoms with Crippen LogP contribution in [0.1, 0.15) is 46.5 Å². The summed E-state index contributed by atoms with van der Waals surface area (Å²) in [6.07, 6.45) is 5.31. The zero-order chi connectivity index (χ0) is 10.3. The van der Waals surface area contributed by atoms with Gasteiger partial charge in [-0.1, -0.05) is 27.2 Å². The molecule has 0 unspecified atom stereocenters. The molecule has 0 heterocycles. The van der Waals surface area contributed by atoms with Gasteiger partial charge in [0.2, 0.25) is 5.91 Å². The molecule has 2 nitrogen and oxygen atoms in total. The Morgan fingerprint density at radius 3 is 2.36 bits per heavy atom. The molecule has 1 amide bonds. The Balaban J connectivity index is 1.90. The smallest absolute Gasteiger partial charge is 0.225 e. The number of rotatable bonds is 1. The monoisotopic (exact) mass is 195 g/mol. The number of nitrogens with one attached hydrogen (secondary N) is 1. The molecular formula is C12H21NO. The standard InChI is InChI=1S/C12H21NO/c1-12(2,3)11(14)13-10-7-8-4-5-9(10)6-8/h8-10H,4-7H2,1-3H3,(H,13,14)/t8-,9-,10+/m0/s1. The molecule has 80 valence electrons. The van der Waals surface area contributed by atoms with Crippen LogP contribution >= 0.6 is 0 Å². The van der Waals surface area contributed by atoms with Crippen LogP contribution in [0.4, 0.5) is 0 Å². The molecule has 14 heavy (non-hydrogen) atoms. The van der Waals surface area contributed by atoms with Crippen molar-refractivity contribution in [2.75, 3.05) is 0 Å². The lowest BCUT2D eigenvalue weighted by molar-refractivity contribution is -0.129. The van der Waals surface area contributed by atoms with Crippen molar-refractivity contribution in [3.05, 3.63) is 0 Å². The molecule has 2 bridgehead atoms. The molecule has 0 saturated heterocycles. The molecule has 2 heteroatoms. The minimum Gasteiger partial charge on any atom is -0.353 e. The quantitative estimate of drug-likeness (QED) is 0.683. The van der Waals surface area contributed by atoms with Crippen molar-refractivity contribution >= 4 is 5.91 Å². The maximum atomic E-state index is 11.8. The van der Waals surface area contributed by atoms with E-state index in [1.807, 2.05) is 20.8 Å². The summed E-state index contributed by atoms with van der Waals surface area (Å²) >= 11 is 0. The minimum absolute atomic E-state index is 0.218. The summed E-state index contributed by atoms with van der Waals surface area (Å²) < 4.78 is 0. The zero-order valence-corrected chi connectivity index (χ0v) is 9.47. The molecule has 2 aliphatic rings. The maximum Gasteiger partial charge on any atom is 0.225 e. The van der Waals surface area contributed by atoms with E-state index in [0.717, 1.165) is 11.8 Å². The molecule has 2 fully saturated rings. The van der Waals surface area contributed by atoms with Crippen LogP contribution in [0, 0.1) is 17.3 Å². The minimum atomic E-state index is -0.234. The lowest BCUT2D eigenvalue weighted by atomic mass is 9.91. The second-order valence-electron chi connectivity index (χ2n) is 6.00. The molecule has 3 atom stereocenters. The van der Waals surface area contributed by atoms with Gasteiger partial charge < -0.3 is 5.32 Å². The van der Waals surface area contributed by atoms with Crippen LogP contribution in [0.2, 0.25) is 0 Å². The predicted molar refractivity (Wildman–Crippen MR) is 56.8 cm³/mol. The van der Waals surface area contributed by atoms with Crippen LogP contribution in [-0.2, 0) is 4.79 Å². The highest BCUT2D eigenvalue weighted by Crippen LogP contribution is 2.44.